The molecule has 4 rings (SSSR count). The molecule has 1 aliphatic rings. The summed E-state index contributed by atoms with van der Waals surface area (Å²) in [7, 11) is 0. The van der Waals surface area contributed by atoms with E-state index in [9.17, 15) is 4.79 Å². The van der Waals surface area contributed by atoms with Crippen LogP contribution in [0.1, 0.15) is 36.1 Å². The highest BCUT2D eigenvalue weighted by Gasteiger charge is 2.15. The largest absolute Gasteiger partial charge is 0.483 e. The molecule has 3 aromatic carbocycles. The lowest BCUT2D eigenvalue weighted by Gasteiger charge is -2.16. The molecule has 0 aromatic heterocycles. The Morgan fingerprint density at radius 2 is 1.93 bits per heavy atom. The molecule has 1 amide bonds. The van der Waals surface area contributed by atoms with E-state index in [2.05, 4.69) is 45.5 Å². The SMILES string of the molecule is C[C@@H](NC(=O)COc1ccc2ccccc2c1Br)c1ccc2c(c1)CCC2. The van der Waals surface area contributed by atoms with Crippen molar-refractivity contribution >= 4 is 32.6 Å². The van der Waals surface area contributed by atoms with Crippen LogP contribution in [0.15, 0.2) is 59.1 Å². The quantitative estimate of drug-likeness (QED) is 0.600. The van der Waals surface area contributed by atoms with Gasteiger partial charge in [-0.1, -0.05) is 48.5 Å². The van der Waals surface area contributed by atoms with Gasteiger partial charge >= 0.3 is 0 Å². The number of ether oxygens (including phenoxy) is 1. The Morgan fingerprint density at radius 3 is 2.81 bits per heavy atom. The molecule has 1 atom stereocenters. The van der Waals surface area contributed by atoms with Gasteiger partial charge in [-0.3, -0.25) is 4.79 Å². The normalized spacial score (nSPS) is 14.0. The molecule has 0 radical (unpaired) electrons. The minimum atomic E-state index is -0.122. The fourth-order valence-electron chi connectivity index (χ4n) is 3.70. The topological polar surface area (TPSA) is 38.3 Å². The highest BCUT2D eigenvalue weighted by molar-refractivity contribution is 9.10. The van der Waals surface area contributed by atoms with Gasteiger partial charge < -0.3 is 10.1 Å². The minimum Gasteiger partial charge on any atom is -0.483 e. The number of carbonyl (C=O) groups excluding carboxylic acids is 1. The van der Waals surface area contributed by atoms with Crippen molar-refractivity contribution in [3.63, 3.8) is 0 Å². The first kappa shape index (κ1) is 18.1. The Hall–Kier alpha value is -2.33. The van der Waals surface area contributed by atoms with Crippen molar-refractivity contribution < 1.29 is 9.53 Å². The van der Waals surface area contributed by atoms with E-state index in [1.165, 1.54) is 24.0 Å². The predicted molar refractivity (Wildman–Crippen MR) is 112 cm³/mol. The van der Waals surface area contributed by atoms with Crippen LogP contribution in [0.3, 0.4) is 0 Å². The first-order valence-electron chi connectivity index (χ1n) is 9.33. The molecule has 0 heterocycles. The van der Waals surface area contributed by atoms with Crippen LogP contribution in [0, 0.1) is 0 Å². The van der Waals surface area contributed by atoms with Gasteiger partial charge in [0, 0.05) is 0 Å². The number of aryl methyl sites for hydroxylation is 2. The van der Waals surface area contributed by atoms with Crippen LogP contribution < -0.4 is 10.1 Å². The number of hydrogen-bond acceptors (Lipinski definition) is 2. The van der Waals surface area contributed by atoms with Gasteiger partial charge in [0.2, 0.25) is 0 Å². The summed E-state index contributed by atoms with van der Waals surface area (Å²) in [6.07, 6.45) is 3.54. The Balaban J connectivity index is 1.39. The van der Waals surface area contributed by atoms with Crippen molar-refractivity contribution in [3.8, 4) is 5.75 Å². The molecule has 4 heteroatoms. The van der Waals surface area contributed by atoms with Crippen LogP contribution in [0.25, 0.3) is 10.8 Å². The molecule has 0 saturated heterocycles. The molecule has 3 aromatic rings. The lowest BCUT2D eigenvalue weighted by molar-refractivity contribution is -0.123. The molecule has 27 heavy (non-hydrogen) atoms. The average molecular weight is 424 g/mol. The van der Waals surface area contributed by atoms with Crippen LogP contribution in [0.5, 0.6) is 5.75 Å². The smallest absolute Gasteiger partial charge is 0.258 e. The number of carbonyl (C=O) groups is 1. The molecule has 0 aliphatic heterocycles. The number of amides is 1. The Labute approximate surface area is 167 Å². The highest BCUT2D eigenvalue weighted by Crippen LogP contribution is 2.33. The molecule has 0 saturated carbocycles. The summed E-state index contributed by atoms with van der Waals surface area (Å²) in [5, 5.41) is 5.24. The van der Waals surface area contributed by atoms with Crippen LogP contribution in [-0.2, 0) is 17.6 Å². The number of halogens is 1. The predicted octanol–water partition coefficient (Wildman–Crippen LogP) is 5.35. The summed E-state index contributed by atoms with van der Waals surface area (Å²) in [5.74, 6) is 0.553. The third kappa shape index (κ3) is 3.86. The summed E-state index contributed by atoms with van der Waals surface area (Å²) >= 11 is 3.59. The Bertz CT molecular complexity index is 999. The van der Waals surface area contributed by atoms with Gasteiger partial charge in [-0.25, -0.2) is 0 Å². The van der Waals surface area contributed by atoms with Gasteiger partial charge in [-0.2, -0.15) is 0 Å². The van der Waals surface area contributed by atoms with Crippen LogP contribution in [-0.4, -0.2) is 12.5 Å². The lowest BCUT2D eigenvalue weighted by Crippen LogP contribution is -2.31. The number of benzene rings is 3. The molecule has 3 nitrogen and oxygen atoms in total. The molecular formula is C23H22BrNO2. The third-order valence-corrected chi connectivity index (χ3v) is 6.00. The maximum atomic E-state index is 12.4. The fraction of sp³-hybridized carbons (Fsp3) is 0.261. The van der Waals surface area contributed by atoms with Crippen molar-refractivity contribution in [1.29, 1.82) is 0 Å². The molecule has 0 spiro atoms. The highest BCUT2D eigenvalue weighted by atomic mass is 79.9. The van der Waals surface area contributed by atoms with E-state index in [0.717, 1.165) is 27.2 Å². The van der Waals surface area contributed by atoms with Gasteiger partial charge in [-0.05, 0) is 75.6 Å². The Kier molecular flexibility index (Phi) is 5.17. The van der Waals surface area contributed by atoms with Crippen LogP contribution >= 0.6 is 15.9 Å². The van der Waals surface area contributed by atoms with Crippen molar-refractivity contribution in [2.45, 2.75) is 32.2 Å². The molecule has 1 aliphatic carbocycles. The van der Waals surface area contributed by atoms with Gasteiger partial charge in [0.25, 0.3) is 5.91 Å². The van der Waals surface area contributed by atoms with Crippen molar-refractivity contribution in [2.75, 3.05) is 6.61 Å². The van der Waals surface area contributed by atoms with Gasteiger partial charge in [0.15, 0.2) is 6.61 Å². The van der Waals surface area contributed by atoms with E-state index in [-0.39, 0.29) is 18.6 Å². The first-order chi connectivity index (χ1) is 13.1. The molecule has 1 N–H and O–H groups in total. The number of hydrogen-bond donors (Lipinski definition) is 1. The second-order valence-corrected chi connectivity index (χ2v) is 7.85. The molecule has 138 valence electrons. The standard InChI is InChI=1S/C23H22BrNO2/c1-15(18-10-9-16-6-4-7-19(16)13-18)25-22(26)14-27-21-12-11-17-5-2-3-8-20(17)23(21)24/h2-3,5,8-13,15H,4,6-7,14H2,1H3,(H,25,26)/t15-/m1/s1. The third-order valence-electron chi connectivity index (χ3n) is 5.19. The van der Waals surface area contributed by atoms with Gasteiger partial charge in [0.1, 0.15) is 5.75 Å². The fourth-order valence-corrected chi connectivity index (χ4v) is 4.30. The van der Waals surface area contributed by atoms with Crippen molar-refractivity contribution in [3.05, 3.63) is 75.8 Å². The molecular weight excluding hydrogens is 402 g/mol. The zero-order valence-electron chi connectivity index (χ0n) is 15.3. The van der Waals surface area contributed by atoms with E-state index in [1.54, 1.807) is 0 Å². The van der Waals surface area contributed by atoms with E-state index >= 15 is 0 Å². The number of fused-ring (bicyclic) bond motifs is 2. The van der Waals surface area contributed by atoms with Crippen LogP contribution in [0.2, 0.25) is 0 Å². The monoisotopic (exact) mass is 423 g/mol. The molecule has 0 unspecified atom stereocenters. The zero-order valence-corrected chi connectivity index (χ0v) is 16.9. The van der Waals surface area contributed by atoms with E-state index in [4.69, 9.17) is 4.74 Å². The minimum absolute atomic E-state index is 0.00772. The van der Waals surface area contributed by atoms with E-state index < -0.39 is 0 Å². The molecule has 0 bridgehead atoms. The number of nitrogens with one attached hydrogen (secondary N) is 1. The second-order valence-electron chi connectivity index (χ2n) is 7.06. The van der Waals surface area contributed by atoms with Crippen molar-refractivity contribution in [1.82, 2.24) is 5.32 Å². The summed E-state index contributed by atoms with van der Waals surface area (Å²) in [6.45, 7) is 2.01. The van der Waals surface area contributed by atoms with Crippen molar-refractivity contribution in [2.24, 2.45) is 0 Å². The summed E-state index contributed by atoms with van der Waals surface area (Å²) < 4.78 is 6.63. The maximum absolute atomic E-state index is 12.4. The second kappa shape index (κ2) is 7.73. The summed E-state index contributed by atoms with van der Waals surface area (Å²) in [6, 6.07) is 18.5. The Morgan fingerprint density at radius 1 is 1.11 bits per heavy atom. The van der Waals surface area contributed by atoms with E-state index in [1.807, 2.05) is 37.3 Å². The maximum Gasteiger partial charge on any atom is 0.258 e. The van der Waals surface area contributed by atoms with E-state index in [0.29, 0.717) is 5.75 Å². The van der Waals surface area contributed by atoms with Gasteiger partial charge in [0.05, 0.1) is 10.5 Å². The summed E-state index contributed by atoms with van der Waals surface area (Å²) in [4.78, 5) is 12.4. The summed E-state index contributed by atoms with van der Waals surface area (Å²) in [5.41, 5.74) is 4.02. The first-order valence-corrected chi connectivity index (χ1v) is 10.1. The average Bonchev–Trinajstić information content (AvgIpc) is 3.15. The van der Waals surface area contributed by atoms with Crippen LogP contribution in [0.4, 0.5) is 0 Å². The number of rotatable bonds is 5. The van der Waals surface area contributed by atoms with Gasteiger partial charge in [-0.15, -0.1) is 0 Å². The zero-order chi connectivity index (χ0) is 18.8. The molecule has 0 fully saturated rings. The lowest BCUT2D eigenvalue weighted by atomic mass is 10.0.